The molecule has 0 unspecified atom stereocenters. The quantitative estimate of drug-likeness (QED) is 0.586. The molecule has 1 aromatic rings. The highest BCUT2D eigenvalue weighted by Crippen LogP contribution is 2.01. The summed E-state index contributed by atoms with van der Waals surface area (Å²) in [5.74, 6) is 0. The van der Waals surface area contributed by atoms with Gasteiger partial charge in [0.15, 0.2) is 0 Å². The summed E-state index contributed by atoms with van der Waals surface area (Å²) in [5, 5.41) is 0. The van der Waals surface area contributed by atoms with Crippen LogP contribution in [0.2, 0.25) is 0 Å². The summed E-state index contributed by atoms with van der Waals surface area (Å²) in [4.78, 5) is 5.20. The van der Waals surface area contributed by atoms with Crippen LogP contribution in [0.4, 0.5) is 0 Å². The van der Waals surface area contributed by atoms with Gasteiger partial charge < -0.3 is 4.98 Å². The molecule has 0 fully saturated rings. The molecule has 3 heteroatoms. The fourth-order valence-corrected chi connectivity index (χ4v) is 0.988. The smallest absolute Gasteiger partial charge is 0.0542 e. The maximum Gasteiger partial charge on any atom is 0.0542 e. The van der Waals surface area contributed by atoms with Crippen molar-refractivity contribution in [2.75, 3.05) is 12.5 Å². The summed E-state index contributed by atoms with van der Waals surface area (Å²) in [7, 11) is 2.07. The maximum atomic E-state index is 3.38. The molecule has 1 rings (SSSR count). The van der Waals surface area contributed by atoms with Gasteiger partial charge in [-0.25, -0.2) is 0 Å². The van der Waals surface area contributed by atoms with E-state index in [0.717, 1.165) is 12.0 Å². The van der Waals surface area contributed by atoms with Crippen molar-refractivity contribution in [3.05, 3.63) is 24.0 Å². The normalized spacial score (nSPS) is 10.7. The first kappa shape index (κ1) is 7.82. The lowest BCUT2D eigenvalue weighted by atomic mass is 10.3. The zero-order chi connectivity index (χ0) is 7.40. The van der Waals surface area contributed by atoms with Crippen LogP contribution in [0.15, 0.2) is 18.5 Å². The molecular formula is C7H11BrN2. The van der Waals surface area contributed by atoms with Crippen molar-refractivity contribution in [1.29, 1.82) is 0 Å². The van der Waals surface area contributed by atoms with E-state index in [1.54, 1.807) is 0 Å². The van der Waals surface area contributed by atoms with Crippen LogP contribution in [0.3, 0.4) is 0 Å². The lowest BCUT2D eigenvalue weighted by Gasteiger charge is -2.10. The molecule has 0 aliphatic carbocycles. The van der Waals surface area contributed by atoms with Crippen LogP contribution in [0, 0.1) is 0 Å². The summed E-state index contributed by atoms with van der Waals surface area (Å²) >= 11 is 3.38. The summed E-state index contributed by atoms with van der Waals surface area (Å²) in [5.41, 5.74) is 2.24. The van der Waals surface area contributed by atoms with Crippen LogP contribution in [0.5, 0.6) is 0 Å². The lowest BCUT2D eigenvalue weighted by molar-refractivity contribution is 0.390. The van der Waals surface area contributed by atoms with Crippen LogP contribution in [0.1, 0.15) is 5.56 Å². The first-order valence-corrected chi connectivity index (χ1v) is 4.31. The highest BCUT2D eigenvalue weighted by molar-refractivity contribution is 9.09. The van der Waals surface area contributed by atoms with E-state index < -0.39 is 0 Å². The molecule has 1 aromatic heterocycles. The van der Waals surface area contributed by atoms with Crippen molar-refractivity contribution < 1.29 is 0 Å². The number of rotatable bonds is 3. The van der Waals surface area contributed by atoms with E-state index in [1.807, 2.05) is 12.4 Å². The van der Waals surface area contributed by atoms with E-state index >= 15 is 0 Å². The fourth-order valence-electron chi connectivity index (χ4n) is 0.811. The van der Waals surface area contributed by atoms with E-state index in [2.05, 4.69) is 38.9 Å². The number of aromatic amines is 1. The number of nitrogens with zero attached hydrogens (tertiary/aromatic N) is 1. The molecular weight excluding hydrogens is 192 g/mol. The number of alkyl halides is 1. The molecule has 0 aliphatic heterocycles. The van der Waals surface area contributed by atoms with Gasteiger partial charge in [0.05, 0.1) is 5.45 Å². The van der Waals surface area contributed by atoms with Crippen LogP contribution >= 0.6 is 15.9 Å². The van der Waals surface area contributed by atoms with Gasteiger partial charge in [-0.15, -0.1) is 0 Å². The molecule has 1 N–H and O–H groups in total. The zero-order valence-corrected chi connectivity index (χ0v) is 7.56. The van der Waals surface area contributed by atoms with E-state index in [9.17, 15) is 0 Å². The van der Waals surface area contributed by atoms with Crippen molar-refractivity contribution in [3.63, 3.8) is 0 Å². The second-order valence-corrected chi connectivity index (χ2v) is 2.85. The van der Waals surface area contributed by atoms with E-state index in [0.29, 0.717) is 0 Å². The summed E-state index contributed by atoms with van der Waals surface area (Å²) in [6, 6.07) is 2.08. The third-order valence-electron chi connectivity index (χ3n) is 1.32. The fraction of sp³-hybridized carbons (Fsp3) is 0.429. The Labute approximate surface area is 69.4 Å². The molecule has 0 saturated heterocycles. The first-order valence-electron chi connectivity index (χ1n) is 3.19. The van der Waals surface area contributed by atoms with Gasteiger partial charge in [-0.05, 0) is 18.7 Å². The van der Waals surface area contributed by atoms with E-state index in [4.69, 9.17) is 0 Å². The standard InChI is InChI=1S/C7H11BrN2/c1-10(6-8)5-7-2-3-9-4-7/h2-4,9H,5-6H2,1H3. The van der Waals surface area contributed by atoms with Crippen LogP contribution < -0.4 is 0 Å². The number of aromatic nitrogens is 1. The minimum atomic E-state index is 0.915. The summed E-state index contributed by atoms with van der Waals surface area (Å²) < 4.78 is 0. The average Bonchev–Trinajstić information content (AvgIpc) is 2.40. The second-order valence-electron chi connectivity index (χ2n) is 2.35. The Morgan fingerprint density at radius 1 is 1.70 bits per heavy atom. The SMILES string of the molecule is CN(CBr)Cc1cc[nH]c1. The van der Waals surface area contributed by atoms with Crippen molar-refractivity contribution in [3.8, 4) is 0 Å². The Balaban J connectivity index is 2.40. The predicted octanol–water partition coefficient (Wildman–Crippen LogP) is 1.80. The molecule has 0 bridgehead atoms. The highest BCUT2D eigenvalue weighted by Gasteiger charge is 1.96. The predicted molar refractivity (Wildman–Crippen MR) is 46.1 cm³/mol. The van der Waals surface area contributed by atoms with Gasteiger partial charge in [-0.2, -0.15) is 0 Å². The maximum absolute atomic E-state index is 3.38. The van der Waals surface area contributed by atoms with Gasteiger partial charge in [0, 0.05) is 18.9 Å². The van der Waals surface area contributed by atoms with Gasteiger partial charge in [0.1, 0.15) is 0 Å². The largest absolute Gasteiger partial charge is 0.367 e. The highest BCUT2D eigenvalue weighted by atomic mass is 79.9. The van der Waals surface area contributed by atoms with Gasteiger partial charge >= 0.3 is 0 Å². The third kappa shape index (κ3) is 2.15. The lowest BCUT2D eigenvalue weighted by Crippen LogP contribution is -2.14. The molecule has 0 spiro atoms. The first-order chi connectivity index (χ1) is 4.83. The monoisotopic (exact) mass is 202 g/mol. The van der Waals surface area contributed by atoms with Crippen molar-refractivity contribution >= 4 is 15.9 Å². The second kappa shape index (κ2) is 3.78. The zero-order valence-electron chi connectivity index (χ0n) is 5.97. The van der Waals surface area contributed by atoms with Gasteiger partial charge in [0.25, 0.3) is 0 Å². The number of H-pyrrole nitrogens is 1. The summed E-state index contributed by atoms with van der Waals surface area (Å²) in [6.07, 6.45) is 3.95. The number of nitrogens with one attached hydrogen (secondary N) is 1. The minimum Gasteiger partial charge on any atom is -0.367 e. The molecule has 0 amide bonds. The van der Waals surface area contributed by atoms with Crippen molar-refractivity contribution in [2.45, 2.75) is 6.54 Å². The topological polar surface area (TPSA) is 19.0 Å². The third-order valence-corrected chi connectivity index (χ3v) is 2.18. The number of hydrogen-bond donors (Lipinski definition) is 1. The Morgan fingerprint density at radius 2 is 2.50 bits per heavy atom. The molecule has 0 aromatic carbocycles. The Kier molecular flexibility index (Phi) is 2.96. The molecule has 0 atom stereocenters. The van der Waals surface area contributed by atoms with E-state index in [-0.39, 0.29) is 0 Å². The number of halogens is 1. The average molecular weight is 203 g/mol. The van der Waals surface area contributed by atoms with Crippen LogP contribution in [0.25, 0.3) is 0 Å². The summed E-state index contributed by atoms with van der Waals surface area (Å²) in [6.45, 7) is 0.995. The Morgan fingerprint density at radius 3 is 3.00 bits per heavy atom. The van der Waals surface area contributed by atoms with Gasteiger partial charge in [-0.1, -0.05) is 15.9 Å². The Bertz CT molecular complexity index is 172. The Hall–Kier alpha value is -0.280. The molecule has 0 aliphatic rings. The molecule has 1 heterocycles. The van der Waals surface area contributed by atoms with Gasteiger partial charge in [0.2, 0.25) is 0 Å². The van der Waals surface area contributed by atoms with Gasteiger partial charge in [-0.3, -0.25) is 4.90 Å². The van der Waals surface area contributed by atoms with E-state index in [1.165, 1.54) is 5.56 Å². The van der Waals surface area contributed by atoms with Crippen LogP contribution in [-0.2, 0) is 6.54 Å². The van der Waals surface area contributed by atoms with Crippen LogP contribution in [-0.4, -0.2) is 22.4 Å². The minimum absolute atomic E-state index is 0.915. The molecule has 0 radical (unpaired) electrons. The van der Waals surface area contributed by atoms with Crippen molar-refractivity contribution in [1.82, 2.24) is 9.88 Å². The molecule has 2 nitrogen and oxygen atoms in total. The molecule has 56 valence electrons. The number of hydrogen-bond acceptors (Lipinski definition) is 1. The molecule has 0 saturated carbocycles. The van der Waals surface area contributed by atoms with Crippen molar-refractivity contribution in [2.24, 2.45) is 0 Å². The molecule has 10 heavy (non-hydrogen) atoms.